The normalized spacial score (nSPS) is 19.4. The molecule has 1 saturated carbocycles. The topological polar surface area (TPSA) is 39.1 Å². The maximum atomic E-state index is 5.72. The van der Waals surface area contributed by atoms with E-state index in [2.05, 4.69) is 36.5 Å². The molecule has 0 aromatic carbocycles. The van der Waals surface area contributed by atoms with Gasteiger partial charge in [-0.3, -0.25) is 4.68 Å². The third kappa shape index (κ3) is 3.37. The summed E-state index contributed by atoms with van der Waals surface area (Å²) in [5.74, 6) is 0. The van der Waals surface area contributed by atoms with E-state index in [1.165, 1.54) is 25.0 Å². The van der Waals surface area contributed by atoms with Crippen LogP contribution in [0.4, 0.5) is 0 Å². The van der Waals surface area contributed by atoms with Crippen molar-refractivity contribution >= 4 is 0 Å². The lowest BCUT2D eigenvalue weighted by Crippen LogP contribution is -2.45. The molecule has 0 bridgehead atoms. The first-order valence-electron chi connectivity index (χ1n) is 7.35. The second kappa shape index (κ2) is 6.06. The average molecular weight is 265 g/mol. The van der Waals surface area contributed by atoms with E-state index < -0.39 is 0 Å². The first-order valence-corrected chi connectivity index (χ1v) is 7.35. The van der Waals surface area contributed by atoms with Gasteiger partial charge in [0.2, 0.25) is 0 Å². The first kappa shape index (κ1) is 14.5. The van der Waals surface area contributed by atoms with Crippen molar-refractivity contribution in [3.8, 4) is 0 Å². The van der Waals surface area contributed by atoms with Crippen molar-refractivity contribution in [1.82, 2.24) is 15.1 Å². The molecule has 2 rings (SSSR count). The molecule has 1 unspecified atom stereocenters. The van der Waals surface area contributed by atoms with E-state index in [-0.39, 0.29) is 5.60 Å². The van der Waals surface area contributed by atoms with Crippen LogP contribution >= 0.6 is 0 Å². The maximum absolute atomic E-state index is 5.72. The molecule has 1 heterocycles. The van der Waals surface area contributed by atoms with E-state index in [4.69, 9.17) is 4.74 Å². The molecule has 1 aliphatic rings. The second-order valence-corrected chi connectivity index (χ2v) is 6.02. The van der Waals surface area contributed by atoms with Gasteiger partial charge in [-0.2, -0.15) is 5.10 Å². The highest BCUT2D eigenvalue weighted by Crippen LogP contribution is 2.39. The number of ether oxygens (including phenoxy) is 1. The number of methoxy groups -OCH3 is 1. The monoisotopic (exact) mass is 265 g/mol. The SMILES string of the molecule is CNC(Cc1ccn(C(C)C)n1)CC1(OC)CCC1. The van der Waals surface area contributed by atoms with Crippen LogP contribution in [0.25, 0.3) is 0 Å². The van der Waals surface area contributed by atoms with Crippen LogP contribution in [0.2, 0.25) is 0 Å². The summed E-state index contributed by atoms with van der Waals surface area (Å²) in [5.41, 5.74) is 1.28. The smallest absolute Gasteiger partial charge is 0.0693 e. The van der Waals surface area contributed by atoms with E-state index in [9.17, 15) is 0 Å². The maximum Gasteiger partial charge on any atom is 0.0693 e. The van der Waals surface area contributed by atoms with Crippen molar-refractivity contribution < 1.29 is 4.74 Å². The molecule has 0 spiro atoms. The number of likely N-dealkylation sites (N-methyl/N-ethyl adjacent to an activating group) is 1. The Kier molecular flexibility index (Phi) is 4.63. The molecule has 4 nitrogen and oxygen atoms in total. The molecule has 19 heavy (non-hydrogen) atoms. The van der Waals surface area contributed by atoms with Crippen molar-refractivity contribution in [2.24, 2.45) is 0 Å². The minimum absolute atomic E-state index is 0.119. The van der Waals surface area contributed by atoms with Gasteiger partial charge in [-0.15, -0.1) is 0 Å². The quantitative estimate of drug-likeness (QED) is 0.823. The Morgan fingerprint density at radius 1 is 1.47 bits per heavy atom. The van der Waals surface area contributed by atoms with Crippen molar-refractivity contribution in [1.29, 1.82) is 0 Å². The summed E-state index contributed by atoms with van der Waals surface area (Å²) in [4.78, 5) is 0. The zero-order valence-corrected chi connectivity index (χ0v) is 12.6. The van der Waals surface area contributed by atoms with Crippen LogP contribution in [0, 0.1) is 0 Å². The number of rotatable bonds is 7. The minimum Gasteiger partial charge on any atom is -0.378 e. The van der Waals surface area contributed by atoms with E-state index in [0.29, 0.717) is 12.1 Å². The Hall–Kier alpha value is -0.870. The molecule has 108 valence electrons. The van der Waals surface area contributed by atoms with E-state index >= 15 is 0 Å². The van der Waals surface area contributed by atoms with Gasteiger partial charge < -0.3 is 10.1 Å². The highest BCUT2D eigenvalue weighted by Gasteiger charge is 2.38. The van der Waals surface area contributed by atoms with Crippen LogP contribution in [0.1, 0.15) is 51.3 Å². The van der Waals surface area contributed by atoms with Gasteiger partial charge >= 0.3 is 0 Å². The van der Waals surface area contributed by atoms with Crippen molar-refractivity contribution in [2.75, 3.05) is 14.2 Å². The molecule has 0 radical (unpaired) electrons. The van der Waals surface area contributed by atoms with Gasteiger partial charge in [-0.05, 0) is 52.6 Å². The number of hydrogen-bond donors (Lipinski definition) is 1. The Labute approximate surface area is 116 Å². The summed E-state index contributed by atoms with van der Waals surface area (Å²) in [7, 11) is 3.88. The average Bonchev–Trinajstić information content (AvgIpc) is 2.81. The summed E-state index contributed by atoms with van der Waals surface area (Å²) in [6.07, 6.45) is 7.81. The van der Waals surface area contributed by atoms with Gasteiger partial charge in [0, 0.05) is 31.8 Å². The van der Waals surface area contributed by atoms with Gasteiger partial charge in [-0.25, -0.2) is 0 Å². The molecule has 4 heteroatoms. The lowest BCUT2D eigenvalue weighted by atomic mass is 9.75. The number of aromatic nitrogens is 2. The fraction of sp³-hybridized carbons (Fsp3) is 0.800. The van der Waals surface area contributed by atoms with Gasteiger partial charge in [0.1, 0.15) is 0 Å². The second-order valence-electron chi connectivity index (χ2n) is 6.02. The molecule has 0 saturated heterocycles. The number of nitrogens with one attached hydrogen (secondary N) is 1. The fourth-order valence-corrected chi connectivity index (χ4v) is 2.81. The van der Waals surface area contributed by atoms with E-state index in [1.54, 1.807) is 0 Å². The third-order valence-corrected chi connectivity index (χ3v) is 4.37. The van der Waals surface area contributed by atoms with Crippen LogP contribution in [-0.2, 0) is 11.2 Å². The highest BCUT2D eigenvalue weighted by molar-refractivity contribution is 5.04. The molecule has 1 aliphatic carbocycles. The number of nitrogens with zero attached hydrogens (tertiary/aromatic N) is 2. The molecule has 1 N–H and O–H groups in total. The molecule has 1 fully saturated rings. The van der Waals surface area contributed by atoms with Gasteiger partial charge in [0.25, 0.3) is 0 Å². The van der Waals surface area contributed by atoms with Crippen LogP contribution < -0.4 is 5.32 Å². The standard InChI is InChI=1S/C15H27N3O/c1-12(2)18-9-6-13(17-18)10-14(16-3)11-15(19-4)7-5-8-15/h6,9,12,14,16H,5,7-8,10-11H2,1-4H3. The predicted octanol–water partition coefficient (Wildman–Crippen LogP) is 2.55. The summed E-state index contributed by atoms with van der Waals surface area (Å²) >= 11 is 0. The number of hydrogen-bond acceptors (Lipinski definition) is 3. The van der Waals surface area contributed by atoms with Gasteiger partial charge in [-0.1, -0.05) is 0 Å². The van der Waals surface area contributed by atoms with Gasteiger partial charge in [0.05, 0.1) is 11.3 Å². The molecule has 0 aliphatic heterocycles. The molecular formula is C15H27N3O. The molecule has 0 amide bonds. The summed E-state index contributed by atoms with van der Waals surface area (Å²) in [6.45, 7) is 4.31. The van der Waals surface area contributed by atoms with Crippen LogP contribution in [0.15, 0.2) is 12.3 Å². The summed E-state index contributed by atoms with van der Waals surface area (Å²) < 4.78 is 7.75. The van der Waals surface area contributed by atoms with E-state index in [0.717, 1.165) is 12.8 Å². The zero-order chi connectivity index (χ0) is 13.9. The Morgan fingerprint density at radius 3 is 2.63 bits per heavy atom. The fourth-order valence-electron chi connectivity index (χ4n) is 2.81. The van der Waals surface area contributed by atoms with Crippen molar-refractivity contribution in [3.05, 3.63) is 18.0 Å². The van der Waals surface area contributed by atoms with E-state index in [1.807, 2.05) is 18.8 Å². The zero-order valence-electron chi connectivity index (χ0n) is 12.6. The summed E-state index contributed by atoms with van der Waals surface area (Å²) in [6, 6.07) is 3.00. The van der Waals surface area contributed by atoms with Crippen LogP contribution in [-0.4, -0.2) is 35.6 Å². The van der Waals surface area contributed by atoms with Crippen LogP contribution in [0.5, 0.6) is 0 Å². The van der Waals surface area contributed by atoms with Crippen LogP contribution in [0.3, 0.4) is 0 Å². The Bertz CT molecular complexity index is 390. The Balaban J connectivity index is 1.94. The van der Waals surface area contributed by atoms with Gasteiger partial charge in [0.15, 0.2) is 0 Å². The molecule has 1 aromatic heterocycles. The van der Waals surface area contributed by atoms with Crippen molar-refractivity contribution in [2.45, 2.75) is 63.6 Å². The summed E-state index contributed by atoms with van der Waals surface area (Å²) in [5, 5.41) is 8.05. The molecular weight excluding hydrogens is 238 g/mol. The predicted molar refractivity (Wildman–Crippen MR) is 77.4 cm³/mol. The lowest BCUT2D eigenvalue weighted by molar-refractivity contribution is -0.0830. The highest BCUT2D eigenvalue weighted by atomic mass is 16.5. The minimum atomic E-state index is 0.119. The first-order chi connectivity index (χ1) is 9.08. The third-order valence-electron chi connectivity index (χ3n) is 4.37. The molecule has 1 atom stereocenters. The molecule has 1 aromatic rings. The van der Waals surface area contributed by atoms with Crippen molar-refractivity contribution in [3.63, 3.8) is 0 Å². The largest absolute Gasteiger partial charge is 0.378 e. The lowest BCUT2D eigenvalue weighted by Gasteiger charge is -2.42. The Morgan fingerprint density at radius 2 is 2.21 bits per heavy atom.